The summed E-state index contributed by atoms with van der Waals surface area (Å²) in [6, 6.07) is 11.8. The Labute approximate surface area is 166 Å². The Morgan fingerprint density at radius 3 is 2.59 bits per heavy atom. The van der Waals surface area contributed by atoms with Crippen LogP contribution < -0.4 is 10.4 Å². The first kappa shape index (κ1) is 19.5. The summed E-state index contributed by atoms with van der Waals surface area (Å²) in [7, 11) is 1.39. The maximum atomic E-state index is 12.1. The van der Waals surface area contributed by atoms with E-state index in [-0.39, 0.29) is 18.9 Å². The van der Waals surface area contributed by atoms with Gasteiger partial charge in [-0.3, -0.25) is 15.2 Å². The summed E-state index contributed by atoms with van der Waals surface area (Å²) in [5, 5.41) is 11.9. The summed E-state index contributed by atoms with van der Waals surface area (Å²) < 4.78 is 4.83. The molecular weight excluding hydrogens is 391 g/mol. The van der Waals surface area contributed by atoms with Gasteiger partial charge in [0.25, 0.3) is 5.91 Å². The molecule has 0 aromatic heterocycles. The average molecular weight is 409 g/mol. The summed E-state index contributed by atoms with van der Waals surface area (Å²) in [5.74, 6) is -1.78. The van der Waals surface area contributed by atoms with E-state index in [4.69, 9.17) is 27.9 Å². The number of ether oxygens (including phenoxy) is 1. The molecule has 1 amide bonds. The van der Waals surface area contributed by atoms with E-state index in [2.05, 4.69) is 5.43 Å². The highest BCUT2D eigenvalue weighted by molar-refractivity contribution is 6.35. The fourth-order valence-corrected chi connectivity index (χ4v) is 3.98. The topological polar surface area (TPSA) is 78.9 Å². The highest BCUT2D eigenvalue weighted by Gasteiger charge is 2.39. The number of carboxylic acid groups (broad SMARTS) is 1. The minimum atomic E-state index is -1.06. The molecule has 0 aliphatic carbocycles. The zero-order valence-corrected chi connectivity index (χ0v) is 16.0. The number of methoxy groups -OCH3 is 1. The van der Waals surface area contributed by atoms with Gasteiger partial charge in [0.15, 0.2) is 0 Å². The van der Waals surface area contributed by atoms with Crippen molar-refractivity contribution in [3.8, 4) is 0 Å². The lowest BCUT2D eigenvalue weighted by Gasteiger charge is -2.40. The zero-order valence-electron chi connectivity index (χ0n) is 14.5. The number of aliphatic carboxylic acids is 1. The van der Waals surface area contributed by atoms with Gasteiger partial charge in [-0.1, -0.05) is 53.5 Å². The minimum absolute atomic E-state index is 0.200. The number of amides is 1. The van der Waals surface area contributed by atoms with Crippen LogP contribution in [0.4, 0.5) is 5.69 Å². The van der Waals surface area contributed by atoms with Gasteiger partial charge in [-0.15, -0.1) is 0 Å². The number of hydrogen-bond acceptors (Lipinski definition) is 4. The van der Waals surface area contributed by atoms with Crippen LogP contribution in [-0.2, 0) is 14.3 Å². The third kappa shape index (κ3) is 4.03. The lowest BCUT2D eigenvalue weighted by molar-refractivity contribution is -0.139. The van der Waals surface area contributed by atoms with Gasteiger partial charge in [-0.25, -0.2) is 4.79 Å². The van der Waals surface area contributed by atoms with Crippen molar-refractivity contribution in [2.45, 2.75) is 18.4 Å². The highest BCUT2D eigenvalue weighted by atomic mass is 35.5. The largest absolute Gasteiger partial charge is 0.480 e. The quantitative estimate of drug-likeness (QED) is 0.791. The number of halogens is 2. The molecular formula is C19H18Cl2N2O4. The van der Waals surface area contributed by atoms with E-state index in [9.17, 15) is 14.7 Å². The number of hydrazine groups is 1. The molecule has 6 nitrogen and oxygen atoms in total. The molecule has 0 saturated carbocycles. The van der Waals surface area contributed by atoms with Crippen LogP contribution >= 0.6 is 23.2 Å². The SMILES string of the molecule is COCC(=O)NN1c2cc(Cl)cc(Cl)c2[C@@H](c2ccccc2)C[C@@H]1C(=O)O. The third-order valence-electron chi connectivity index (χ3n) is 4.46. The molecule has 2 N–H and O–H groups in total. The number of hydrogen-bond donors (Lipinski definition) is 2. The van der Waals surface area contributed by atoms with Crippen LogP contribution in [-0.4, -0.2) is 36.7 Å². The van der Waals surface area contributed by atoms with E-state index in [1.165, 1.54) is 12.1 Å². The highest BCUT2D eigenvalue weighted by Crippen LogP contribution is 2.46. The van der Waals surface area contributed by atoms with E-state index in [0.29, 0.717) is 15.7 Å². The normalized spacial score (nSPS) is 18.7. The monoisotopic (exact) mass is 408 g/mol. The maximum absolute atomic E-state index is 12.1. The van der Waals surface area contributed by atoms with E-state index >= 15 is 0 Å². The minimum Gasteiger partial charge on any atom is -0.480 e. The summed E-state index contributed by atoms with van der Waals surface area (Å²) in [5.41, 5.74) is 4.73. The molecule has 2 aromatic rings. The number of nitrogens with zero attached hydrogens (tertiary/aromatic N) is 1. The Kier molecular flexibility index (Phi) is 5.89. The number of rotatable bonds is 5. The summed E-state index contributed by atoms with van der Waals surface area (Å²) in [6.45, 7) is -0.200. The van der Waals surface area contributed by atoms with Gasteiger partial charge in [-0.05, 0) is 24.1 Å². The standard InChI is InChI=1S/C19H18Cl2N2O4/c1-27-10-17(24)22-23-15-8-12(20)7-14(21)18(15)13(9-16(23)19(25)26)11-5-3-2-4-6-11/h2-8,13,16H,9-10H2,1H3,(H,22,24)(H,25,26)/t13-,16-/m1/s1. The Morgan fingerprint density at radius 1 is 1.26 bits per heavy atom. The van der Waals surface area contributed by atoms with Crippen molar-refractivity contribution in [2.24, 2.45) is 0 Å². The van der Waals surface area contributed by atoms with Crippen molar-refractivity contribution in [1.82, 2.24) is 5.43 Å². The van der Waals surface area contributed by atoms with E-state index in [1.54, 1.807) is 12.1 Å². The van der Waals surface area contributed by atoms with Gasteiger partial charge >= 0.3 is 5.97 Å². The van der Waals surface area contributed by atoms with E-state index < -0.39 is 17.9 Å². The van der Waals surface area contributed by atoms with Gasteiger partial charge in [0.1, 0.15) is 12.6 Å². The predicted octanol–water partition coefficient (Wildman–Crippen LogP) is 3.47. The number of anilines is 1. The fourth-order valence-electron chi connectivity index (χ4n) is 3.37. The van der Waals surface area contributed by atoms with Crippen molar-refractivity contribution in [3.05, 3.63) is 63.6 Å². The number of carbonyl (C=O) groups excluding carboxylic acids is 1. The van der Waals surface area contributed by atoms with Crippen LogP contribution in [0, 0.1) is 0 Å². The molecule has 8 heteroatoms. The molecule has 0 radical (unpaired) electrons. The van der Waals surface area contributed by atoms with Gasteiger partial charge in [0.05, 0.1) is 5.69 Å². The zero-order chi connectivity index (χ0) is 19.6. The van der Waals surface area contributed by atoms with E-state index in [0.717, 1.165) is 11.1 Å². The van der Waals surface area contributed by atoms with Crippen molar-refractivity contribution in [2.75, 3.05) is 18.7 Å². The van der Waals surface area contributed by atoms with Gasteiger partial charge < -0.3 is 9.84 Å². The summed E-state index contributed by atoms with van der Waals surface area (Å²) in [4.78, 5) is 24.0. The predicted molar refractivity (Wildman–Crippen MR) is 103 cm³/mol. The molecule has 0 spiro atoms. The van der Waals surface area contributed by atoms with Crippen LogP contribution in [0.5, 0.6) is 0 Å². The molecule has 0 fully saturated rings. The summed E-state index contributed by atoms with van der Waals surface area (Å²) in [6.07, 6.45) is 0.237. The number of nitrogens with one attached hydrogen (secondary N) is 1. The van der Waals surface area contributed by atoms with Crippen molar-refractivity contribution in [1.29, 1.82) is 0 Å². The van der Waals surface area contributed by atoms with Gasteiger partial charge in [-0.2, -0.15) is 0 Å². The second-order valence-corrected chi connectivity index (χ2v) is 7.06. The first-order valence-electron chi connectivity index (χ1n) is 8.26. The number of carboxylic acids is 1. The fraction of sp³-hybridized carbons (Fsp3) is 0.263. The van der Waals surface area contributed by atoms with Crippen molar-refractivity contribution < 1.29 is 19.4 Å². The van der Waals surface area contributed by atoms with Crippen LogP contribution in [0.1, 0.15) is 23.5 Å². The number of benzene rings is 2. The lowest BCUT2D eigenvalue weighted by Crippen LogP contribution is -2.55. The molecule has 2 aromatic carbocycles. The molecule has 2 atom stereocenters. The summed E-state index contributed by atoms with van der Waals surface area (Å²) >= 11 is 12.7. The lowest BCUT2D eigenvalue weighted by atomic mass is 9.81. The molecule has 0 bridgehead atoms. The van der Waals surface area contributed by atoms with Crippen LogP contribution in [0.25, 0.3) is 0 Å². The molecule has 142 valence electrons. The first-order valence-corrected chi connectivity index (χ1v) is 9.02. The number of carbonyl (C=O) groups is 2. The molecule has 1 aliphatic rings. The molecule has 1 aliphatic heterocycles. The van der Waals surface area contributed by atoms with Crippen LogP contribution in [0.3, 0.4) is 0 Å². The van der Waals surface area contributed by atoms with Crippen molar-refractivity contribution in [3.63, 3.8) is 0 Å². The average Bonchev–Trinajstić information content (AvgIpc) is 2.62. The molecule has 3 rings (SSSR count). The molecule has 0 unspecified atom stereocenters. The Balaban J connectivity index is 2.14. The smallest absolute Gasteiger partial charge is 0.328 e. The van der Waals surface area contributed by atoms with E-state index in [1.807, 2.05) is 30.3 Å². The van der Waals surface area contributed by atoms with Crippen molar-refractivity contribution >= 4 is 40.8 Å². The molecule has 0 saturated heterocycles. The third-order valence-corrected chi connectivity index (χ3v) is 4.99. The van der Waals surface area contributed by atoms with Crippen LogP contribution in [0.2, 0.25) is 10.0 Å². The Morgan fingerprint density at radius 2 is 1.96 bits per heavy atom. The Hall–Kier alpha value is -2.28. The van der Waals surface area contributed by atoms with Crippen LogP contribution in [0.15, 0.2) is 42.5 Å². The first-order chi connectivity index (χ1) is 12.9. The molecule has 1 heterocycles. The van der Waals surface area contributed by atoms with Gasteiger partial charge in [0.2, 0.25) is 0 Å². The number of fused-ring (bicyclic) bond motifs is 1. The maximum Gasteiger partial charge on any atom is 0.328 e. The second kappa shape index (κ2) is 8.17. The Bertz CT molecular complexity index is 860. The second-order valence-electron chi connectivity index (χ2n) is 6.21. The molecule has 27 heavy (non-hydrogen) atoms. The van der Waals surface area contributed by atoms with Gasteiger partial charge in [0, 0.05) is 28.6 Å².